The van der Waals surface area contributed by atoms with Gasteiger partial charge in [0.05, 0.1) is 6.10 Å². The molecule has 1 unspecified atom stereocenters. The van der Waals surface area contributed by atoms with Gasteiger partial charge in [0.1, 0.15) is 11.9 Å². The van der Waals surface area contributed by atoms with Crippen molar-refractivity contribution in [1.29, 1.82) is 0 Å². The van der Waals surface area contributed by atoms with Gasteiger partial charge in [-0.3, -0.25) is 9.36 Å². The summed E-state index contributed by atoms with van der Waals surface area (Å²) >= 11 is 0. The maximum atomic E-state index is 11.3. The molecular formula is C8H17O4P. The Balaban J connectivity index is 4.18. The van der Waals surface area contributed by atoms with E-state index in [0.717, 1.165) is 0 Å². The van der Waals surface area contributed by atoms with Crippen LogP contribution in [0.1, 0.15) is 27.7 Å². The van der Waals surface area contributed by atoms with Crippen molar-refractivity contribution in [1.82, 2.24) is 0 Å². The van der Waals surface area contributed by atoms with E-state index in [2.05, 4.69) is 0 Å². The molecule has 0 saturated carbocycles. The van der Waals surface area contributed by atoms with Crippen molar-refractivity contribution < 1.29 is 18.8 Å². The summed E-state index contributed by atoms with van der Waals surface area (Å²) in [4.78, 5) is 20.3. The highest BCUT2D eigenvalue weighted by molar-refractivity contribution is 7.53. The summed E-state index contributed by atoms with van der Waals surface area (Å²) in [5.41, 5.74) is 0. The van der Waals surface area contributed by atoms with Gasteiger partial charge in [-0.15, -0.1) is 0 Å². The zero-order chi connectivity index (χ0) is 10.6. The molecule has 0 aromatic carbocycles. The lowest BCUT2D eigenvalue weighted by atomic mass is 10.1. The maximum Gasteiger partial charge on any atom is 0.335 e. The molecule has 0 aromatic heterocycles. The third-order valence-corrected chi connectivity index (χ3v) is 2.84. The van der Waals surface area contributed by atoms with Gasteiger partial charge in [0.2, 0.25) is 0 Å². The van der Waals surface area contributed by atoms with Gasteiger partial charge in [-0.1, -0.05) is 13.8 Å². The molecule has 13 heavy (non-hydrogen) atoms. The molecule has 5 heteroatoms. The zero-order valence-corrected chi connectivity index (χ0v) is 9.38. The highest BCUT2D eigenvalue weighted by atomic mass is 31.2. The van der Waals surface area contributed by atoms with E-state index in [-0.39, 0.29) is 24.0 Å². The van der Waals surface area contributed by atoms with E-state index in [1.165, 1.54) is 0 Å². The summed E-state index contributed by atoms with van der Waals surface area (Å²) in [6.07, 6.45) is -0.723. The lowest BCUT2D eigenvalue weighted by Crippen LogP contribution is -2.15. The summed E-state index contributed by atoms with van der Waals surface area (Å²) in [6, 6.07) is 0. The van der Waals surface area contributed by atoms with Crippen LogP contribution in [0.3, 0.4) is 0 Å². The van der Waals surface area contributed by atoms with Crippen molar-refractivity contribution in [3.8, 4) is 0 Å². The minimum atomic E-state index is -3.71. The van der Waals surface area contributed by atoms with Crippen LogP contribution in [0.2, 0.25) is 0 Å². The minimum Gasteiger partial charge on any atom is -0.324 e. The van der Waals surface area contributed by atoms with Crippen LogP contribution in [-0.2, 0) is 13.9 Å². The smallest absolute Gasteiger partial charge is 0.324 e. The second-order valence-electron chi connectivity index (χ2n) is 3.57. The van der Waals surface area contributed by atoms with Crippen LogP contribution in [0.25, 0.3) is 0 Å². The summed E-state index contributed by atoms with van der Waals surface area (Å²) in [6.45, 7) is 6.70. The van der Waals surface area contributed by atoms with Crippen molar-refractivity contribution >= 4 is 13.4 Å². The highest BCUT2D eigenvalue weighted by Gasteiger charge is 2.26. The van der Waals surface area contributed by atoms with Gasteiger partial charge in [0.25, 0.3) is 0 Å². The Morgan fingerprint density at radius 2 is 1.85 bits per heavy atom. The van der Waals surface area contributed by atoms with Crippen LogP contribution in [0, 0.1) is 5.92 Å². The van der Waals surface area contributed by atoms with Gasteiger partial charge >= 0.3 is 7.60 Å². The monoisotopic (exact) mass is 208 g/mol. The lowest BCUT2D eigenvalue weighted by molar-refractivity contribution is -0.119. The van der Waals surface area contributed by atoms with Crippen LogP contribution >= 0.6 is 7.60 Å². The molecule has 0 aromatic rings. The minimum absolute atomic E-state index is 0.226. The average Bonchev–Trinajstić information content (AvgIpc) is 1.81. The second kappa shape index (κ2) is 4.89. The third kappa shape index (κ3) is 5.97. The van der Waals surface area contributed by atoms with Crippen LogP contribution in [-0.4, -0.2) is 22.9 Å². The summed E-state index contributed by atoms with van der Waals surface area (Å²) in [7, 11) is -3.71. The van der Waals surface area contributed by atoms with E-state index in [0.29, 0.717) is 0 Å². The predicted molar refractivity (Wildman–Crippen MR) is 50.8 cm³/mol. The van der Waals surface area contributed by atoms with Crippen molar-refractivity contribution in [2.75, 3.05) is 6.16 Å². The number of hydrogen-bond donors (Lipinski definition) is 1. The fourth-order valence-corrected chi connectivity index (χ4v) is 2.24. The molecule has 0 aliphatic carbocycles. The van der Waals surface area contributed by atoms with E-state index in [1.54, 1.807) is 27.7 Å². The Hall–Kier alpha value is -0.180. The Bertz CT molecular complexity index is 222. The van der Waals surface area contributed by atoms with Gasteiger partial charge in [-0.05, 0) is 13.8 Å². The SMILES string of the molecule is CC(C)OP(=O)(O)CC(=O)C(C)C. The molecule has 0 radical (unpaired) electrons. The van der Waals surface area contributed by atoms with Crippen molar-refractivity contribution in [2.24, 2.45) is 5.92 Å². The number of ketones is 1. The molecule has 1 N–H and O–H groups in total. The standard InChI is InChI=1S/C8H17O4P/c1-6(2)8(9)5-13(10,11)12-7(3)4/h6-7H,5H2,1-4H3,(H,10,11). The number of carbonyl (C=O) groups is 1. The third-order valence-electron chi connectivity index (χ3n) is 1.38. The molecule has 0 aliphatic heterocycles. The second-order valence-corrected chi connectivity index (χ2v) is 5.37. The fourth-order valence-electron chi connectivity index (χ4n) is 0.746. The molecule has 0 saturated heterocycles. The topological polar surface area (TPSA) is 63.6 Å². The van der Waals surface area contributed by atoms with Crippen molar-refractivity contribution in [3.63, 3.8) is 0 Å². The first-order chi connectivity index (χ1) is 5.74. The Morgan fingerprint density at radius 3 is 2.15 bits per heavy atom. The van der Waals surface area contributed by atoms with Crippen molar-refractivity contribution in [2.45, 2.75) is 33.8 Å². The largest absolute Gasteiger partial charge is 0.335 e. The Kier molecular flexibility index (Phi) is 4.82. The lowest BCUT2D eigenvalue weighted by Gasteiger charge is -2.14. The van der Waals surface area contributed by atoms with E-state index in [4.69, 9.17) is 4.52 Å². The van der Waals surface area contributed by atoms with Crippen LogP contribution in [0.15, 0.2) is 0 Å². The molecule has 0 heterocycles. The van der Waals surface area contributed by atoms with Crippen molar-refractivity contribution in [3.05, 3.63) is 0 Å². The molecule has 4 nitrogen and oxygen atoms in total. The quantitative estimate of drug-likeness (QED) is 0.700. The number of hydrogen-bond acceptors (Lipinski definition) is 3. The number of carbonyl (C=O) groups excluding carboxylic acids is 1. The first kappa shape index (κ1) is 12.8. The van der Waals surface area contributed by atoms with Crippen LogP contribution in [0.4, 0.5) is 0 Å². The van der Waals surface area contributed by atoms with Gasteiger partial charge in [0, 0.05) is 5.92 Å². The molecular weight excluding hydrogens is 191 g/mol. The predicted octanol–water partition coefficient (Wildman–Crippen LogP) is 1.82. The number of Topliss-reactive ketones (excluding diaryl/α,β-unsaturated/α-hetero) is 1. The van der Waals surface area contributed by atoms with Crippen LogP contribution < -0.4 is 0 Å². The molecule has 78 valence electrons. The van der Waals surface area contributed by atoms with E-state index in [1.807, 2.05) is 0 Å². The molecule has 0 amide bonds. The summed E-state index contributed by atoms with van der Waals surface area (Å²) in [5, 5.41) is 0. The Morgan fingerprint density at radius 1 is 1.38 bits per heavy atom. The Labute approximate surface area is 78.8 Å². The van der Waals surface area contributed by atoms with Gasteiger partial charge in [-0.2, -0.15) is 0 Å². The van der Waals surface area contributed by atoms with Gasteiger partial charge in [0.15, 0.2) is 0 Å². The molecule has 0 aliphatic rings. The normalized spacial score (nSPS) is 16.2. The summed E-state index contributed by atoms with van der Waals surface area (Å²) < 4.78 is 16.0. The maximum absolute atomic E-state index is 11.3. The molecule has 0 rings (SSSR count). The molecule has 1 atom stereocenters. The highest BCUT2D eigenvalue weighted by Crippen LogP contribution is 2.43. The van der Waals surface area contributed by atoms with E-state index >= 15 is 0 Å². The summed E-state index contributed by atoms with van der Waals surface area (Å²) in [5.74, 6) is -0.470. The van der Waals surface area contributed by atoms with Crippen LogP contribution in [0.5, 0.6) is 0 Å². The average molecular weight is 208 g/mol. The van der Waals surface area contributed by atoms with E-state index < -0.39 is 7.60 Å². The van der Waals surface area contributed by atoms with Gasteiger partial charge in [-0.25, -0.2) is 0 Å². The van der Waals surface area contributed by atoms with E-state index in [9.17, 15) is 14.3 Å². The molecule has 0 spiro atoms. The zero-order valence-electron chi connectivity index (χ0n) is 8.48. The molecule has 0 bridgehead atoms. The van der Waals surface area contributed by atoms with Gasteiger partial charge < -0.3 is 9.42 Å². The number of rotatable bonds is 5. The first-order valence-corrected chi connectivity index (χ1v) is 6.04. The molecule has 0 fully saturated rings. The fraction of sp³-hybridized carbons (Fsp3) is 0.875. The first-order valence-electron chi connectivity index (χ1n) is 4.27.